The van der Waals surface area contributed by atoms with Gasteiger partial charge in [0.1, 0.15) is 35.5 Å². The molecule has 0 saturated heterocycles. The maximum Gasteiger partial charge on any atom is 0.137 e. The van der Waals surface area contributed by atoms with Crippen LogP contribution in [-0.2, 0) is 6.54 Å². The lowest BCUT2D eigenvalue weighted by molar-refractivity contribution is 0.0352. The van der Waals surface area contributed by atoms with E-state index in [1.54, 1.807) is 23.1 Å². The number of halogens is 1. The van der Waals surface area contributed by atoms with Crippen molar-refractivity contribution in [1.82, 2.24) is 29.8 Å². The molecule has 2 aromatic heterocycles. The molecule has 0 N–H and O–H groups in total. The first-order chi connectivity index (χ1) is 12.7. The van der Waals surface area contributed by atoms with E-state index in [9.17, 15) is 4.39 Å². The molecule has 1 aliphatic carbocycles. The van der Waals surface area contributed by atoms with Crippen LogP contribution in [0, 0.1) is 5.82 Å². The number of hydrogen-bond donors (Lipinski definition) is 0. The Bertz CT molecular complexity index is 916. The predicted molar refractivity (Wildman–Crippen MR) is 90.1 cm³/mol. The van der Waals surface area contributed by atoms with E-state index < -0.39 is 0 Å². The molecule has 1 aliphatic heterocycles. The van der Waals surface area contributed by atoms with Gasteiger partial charge in [0.2, 0.25) is 0 Å². The van der Waals surface area contributed by atoms with Gasteiger partial charge in [0.15, 0.2) is 0 Å². The van der Waals surface area contributed by atoms with Crippen LogP contribution in [0.3, 0.4) is 0 Å². The van der Waals surface area contributed by atoms with Crippen LogP contribution < -0.4 is 4.74 Å². The zero-order chi connectivity index (χ0) is 17.6. The largest absolute Gasteiger partial charge is 0.487 e. The third kappa shape index (κ3) is 2.65. The first kappa shape index (κ1) is 15.5. The molecular formula is C18H19FN6O. The lowest BCUT2D eigenvalue weighted by Gasteiger charge is -2.39. The van der Waals surface area contributed by atoms with Gasteiger partial charge < -0.3 is 4.74 Å². The number of rotatable bonds is 3. The Kier molecular flexibility index (Phi) is 3.51. The fraction of sp³-hybridized carbons (Fsp3) is 0.444. The first-order valence-corrected chi connectivity index (χ1v) is 8.92. The molecule has 0 bridgehead atoms. The van der Waals surface area contributed by atoms with Crippen LogP contribution in [-0.4, -0.2) is 35.4 Å². The molecule has 3 aromatic rings. The minimum absolute atomic E-state index is 0.0791. The van der Waals surface area contributed by atoms with Crippen LogP contribution in [0.1, 0.15) is 49.4 Å². The van der Waals surface area contributed by atoms with Crippen molar-refractivity contribution in [2.24, 2.45) is 0 Å². The molecular weight excluding hydrogens is 335 g/mol. The lowest BCUT2D eigenvalue weighted by atomic mass is 9.86. The molecule has 0 radical (unpaired) electrons. The van der Waals surface area contributed by atoms with E-state index in [2.05, 4.69) is 20.4 Å². The highest BCUT2D eigenvalue weighted by Crippen LogP contribution is 2.48. The molecule has 1 atom stereocenters. The molecule has 2 aliphatic rings. The standard InChI is InChI=1S/C18H19FN6O/c19-13-3-4-17-15(7-13)16(8-18(26-17)5-1-2-6-18)25-10-14(22-23-25)9-24-12-20-11-21-24/h3-4,7,10-12,16H,1-2,5-6,8-9H2/t16-/m1/s1. The van der Waals surface area contributed by atoms with Crippen molar-refractivity contribution in [1.29, 1.82) is 0 Å². The van der Waals surface area contributed by atoms with E-state index in [1.807, 2.05) is 10.9 Å². The summed E-state index contributed by atoms with van der Waals surface area (Å²) >= 11 is 0. The van der Waals surface area contributed by atoms with Crippen molar-refractivity contribution < 1.29 is 9.13 Å². The SMILES string of the molecule is Fc1ccc2c(c1)[C@H](n1cc(Cn3cncn3)nn1)CC1(CCCC1)O2. The number of fused-ring (bicyclic) bond motifs is 1. The summed E-state index contributed by atoms with van der Waals surface area (Å²) < 4.78 is 23.8. The van der Waals surface area contributed by atoms with Crippen LogP contribution in [0.2, 0.25) is 0 Å². The molecule has 1 saturated carbocycles. The number of aromatic nitrogens is 6. The monoisotopic (exact) mass is 354 g/mol. The predicted octanol–water partition coefficient (Wildman–Crippen LogP) is 2.74. The van der Waals surface area contributed by atoms with Gasteiger partial charge in [-0.25, -0.2) is 18.7 Å². The Morgan fingerprint density at radius 3 is 2.96 bits per heavy atom. The normalized spacial score (nSPS) is 20.9. The Morgan fingerprint density at radius 1 is 1.27 bits per heavy atom. The van der Waals surface area contributed by atoms with Crippen molar-refractivity contribution in [3.8, 4) is 5.75 Å². The van der Waals surface area contributed by atoms with Crippen LogP contribution >= 0.6 is 0 Å². The molecule has 1 fully saturated rings. The molecule has 1 spiro atoms. The smallest absolute Gasteiger partial charge is 0.137 e. The van der Waals surface area contributed by atoms with Gasteiger partial charge in [-0.05, 0) is 43.9 Å². The molecule has 1 aromatic carbocycles. The zero-order valence-electron chi connectivity index (χ0n) is 14.3. The summed E-state index contributed by atoms with van der Waals surface area (Å²) in [5, 5.41) is 12.7. The summed E-state index contributed by atoms with van der Waals surface area (Å²) in [5.41, 5.74) is 1.45. The number of nitrogens with zero attached hydrogens (tertiary/aromatic N) is 6. The van der Waals surface area contributed by atoms with Crippen molar-refractivity contribution >= 4 is 0 Å². The summed E-state index contributed by atoms with van der Waals surface area (Å²) in [5.74, 6) is 0.501. The highest BCUT2D eigenvalue weighted by molar-refractivity contribution is 5.40. The van der Waals surface area contributed by atoms with E-state index in [-0.39, 0.29) is 17.5 Å². The van der Waals surface area contributed by atoms with E-state index in [4.69, 9.17) is 4.74 Å². The molecule has 134 valence electrons. The molecule has 0 unspecified atom stereocenters. The second-order valence-corrected chi connectivity index (χ2v) is 7.18. The summed E-state index contributed by atoms with van der Waals surface area (Å²) in [6.07, 6.45) is 10.2. The van der Waals surface area contributed by atoms with Gasteiger partial charge in [-0.2, -0.15) is 5.10 Å². The van der Waals surface area contributed by atoms with Crippen molar-refractivity contribution in [2.45, 2.75) is 50.3 Å². The fourth-order valence-electron chi connectivity index (χ4n) is 4.19. The highest BCUT2D eigenvalue weighted by Gasteiger charge is 2.44. The Morgan fingerprint density at radius 2 is 2.15 bits per heavy atom. The van der Waals surface area contributed by atoms with Crippen LogP contribution in [0.5, 0.6) is 5.75 Å². The summed E-state index contributed by atoms with van der Waals surface area (Å²) in [7, 11) is 0. The van der Waals surface area contributed by atoms with E-state index in [0.717, 1.165) is 49.1 Å². The quantitative estimate of drug-likeness (QED) is 0.723. The minimum Gasteiger partial charge on any atom is -0.487 e. The highest BCUT2D eigenvalue weighted by atomic mass is 19.1. The van der Waals surface area contributed by atoms with Gasteiger partial charge >= 0.3 is 0 Å². The molecule has 26 heavy (non-hydrogen) atoms. The Balaban J connectivity index is 1.51. The Labute approximate surface area is 149 Å². The lowest BCUT2D eigenvalue weighted by Crippen LogP contribution is -2.40. The van der Waals surface area contributed by atoms with Crippen LogP contribution in [0.4, 0.5) is 4.39 Å². The van der Waals surface area contributed by atoms with Crippen molar-refractivity contribution in [3.05, 3.63) is 54.1 Å². The summed E-state index contributed by atoms with van der Waals surface area (Å²) in [6, 6.07) is 4.68. The molecule has 0 amide bonds. The van der Waals surface area contributed by atoms with E-state index >= 15 is 0 Å². The zero-order valence-corrected chi connectivity index (χ0v) is 14.3. The second-order valence-electron chi connectivity index (χ2n) is 7.18. The van der Waals surface area contributed by atoms with Gasteiger partial charge in [-0.1, -0.05) is 5.21 Å². The number of hydrogen-bond acceptors (Lipinski definition) is 5. The van der Waals surface area contributed by atoms with E-state index in [0.29, 0.717) is 6.54 Å². The average molecular weight is 354 g/mol. The van der Waals surface area contributed by atoms with Gasteiger partial charge in [-0.3, -0.25) is 0 Å². The number of ether oxygens (including phenoxy) is 1. The molecule has 8 heteroatoms. The maximum atomic E-state index is 13.9. The maximum absolute atomic E-state index is 13.9. The molecule has 5 rings (SSSR count). The van der Waals surface area contributed by atoms with Gasteiger partial charge in [0, 0.05) is 12.0 Å². The fourth-order valence-corrected chi connectivity index (χ4v) is 4.19. The van der Waals surface area contributed by atoms with Gasteiger partial charge in [0.25, 0.3) is 0 Å². The average Bonchev–Trinajstić information content (AvgIpc) is 3.38. The van der Waals surface area contributed by atoms with Crippen molar-refractivity contribution in [3.63, 3.8) is 0 Å². The van der Waals surface area contributed by atoms with Gasteiger partial charge in [-0.15, -0.1) is 5.10 Å². The second kappa shape index (κ2) is 5.89. The third-order valence-corrected chi connectivity index (χ3v) is 5.41. The minimum atomic E-state index is -0.261. The molecule has 7 nitrogen and oxygen atoms in total. The number of benzene rings is 1. The summed E-state index contributed by atoms with van der Waals surface area (Å²) in [4.78, 5) is 3.94. The van der Waals surface area contributed by atoms with Gasteiger partial charge in [0.05, 0.1) is 18.8 Å². The summed E-state index contributed by atoms with van der Waals surface area (Å²) in [6.45, 7) is 0.504. The van der Waals surface area contributed by atoms with Crippen molar-refractivity contribution in [2.75, 3.05) is 0 Å². The Hall–Kier alpha value is -2.77. The van der Waals surface area contributed by atoms with Crippen LogP contribution in [0.25, 0.3) is 0 Å². The van der Waals surface area contributed by atoms with Crippen LogP contribution in [0.15, 0.2) is 37.1 Å². The molecule has 3 heterocycles. The first-order valence-electron chi connectivity index (χ1n) is 8.92. The van der Waals surface area contributed by atoms with E-state index in [1.165, 1.54) is 12.4 Å². The topological polar surface area (TPSA) is 70.7 Å². The third-order valence-electron chi connectivity index (χ3n) is 5.41.